The van der Waals surface area contributed by atoms with Crippen LogP contribution in [0.1, 0.15) is 10.4 Å². The fraction of sp³-hybridized carbons (Fsp3) is 0. The molecule has 20 heavy (non-hydrogen) atoms. The van der Waals surface area contributed by atoms with E-state index in [9.17, 15) is 4.79 Å². The van der Waals surface area contributed by atoms with Crippen LogP contribution in [0.15, 0.2) is 63.2 Å². The molecule has 2 aromatic carbocycles. The number of aromatic nitrogens is 2. The molecule has 0 aliphatic rings. The lowest BCUT2D eigenvalue weighted by molar-refractivity contribution is 0.112. The molecule has 0 N–H and O–H groups in total. The first-order valence-electron chi connectivity index (χ1n) is 5.90. The molecule has 1 aromatic heterocycles. The van der Waals surface area contributed by atoms with Gasteiger partial charge >= 0.3 is 0 Å². The van der Waals surface area contributed by atoms with Crippen LogP contribution in [0.3, 0.4) is 0 Å². The van der Waals surface area contributed by atoms with Crippen molar-refractivity contribution in [3.05, 3.63) is 58.8 Å². The average Bonchev–Trinajstić information content (AvgIpc) is 2.49. The summed E-state index contributed by atoms with van der Waals surface area (Å²) in [5, 5.41) is 1.92. The minimum atomic E-state index is 0.647. The Hall–Kier alpha value is -1.72. The number of hydrogen-bond donors (Lipinski definition) is 0. The van der Waals surface area contributed by atoms with Crippen molar-refractivity contribution >= 4 is 44.9 Å². The number of rotatable bonds is 3. The summed E-state index contributed by atoms with van der Waals surface area (Å²) in [7, 11) is 0. The molecule has 3 aromatic rings. The van der Waals surface area contributed by atoms with Crippen LogP contribution in [-0.2, 0) is 0 Å². The molecule has 0 aliphatic heterocycles. The molecule has 0 fully saturated rings. The van der Waals surface area contributed by atoms with Crippen LogP contribution >= 0.6 is 27.7 Å². The van der Waals surface area contributed by atoms with Crippen LogP contribution in [0, 0.1) is 0 Å². The summed E-state index contributed by atoms with van der Waals surface area (Å²) in [5.74, 6) is 0. The van der Waals surface area contributed by atoms with Gasteiger partial charge in [-0.05, 0) is 34.1 Å². The van der Waals surface area contributed by atoms with Crippen LogP contribution in [0.25, 0.3) is 10.9 Å². The van der Waals surface area contributed by atoms with E-state index in [4.69, 9.17) is 0 Å². The van der Waals surface area contributed by atoms with Crippen LogP contribution in [0.5, 0.6) is 0 Å². The SMILES string of the molecule is O=Cc1ccc(Sc2ncnc3ccccc23)c(Br)c1. The molecule has 0 aliphatic carbocycles. The third-order valence-corrected chi connectivity index (χ3v) is 4.82. The molecule has 5 heteroatoms. The van der Waals surface area contributed by atoms with Crippen LogP contribution < -0.4 is 0 Å². The van der Waals surface area contributed by atoms with Crippen LogP contribution in [0.4, 0.5) is 0 Å². The molecular formula is C15H9BrN2OS. The molecule has 3 nitrogen and oxygen atoms in total. The Labute approximate surface area is 128 Å². The molecule has 0 atom stereocenters. The average molecular weight is 345 g/mol. The van der Waals surface area contributed by atoms with E-state index in [0.717, 1.165) is 31.6 Å². The predicted molar refractivity (Wildman–Crippen MR) is 83.2 cm³/mol. The standard InChI is InChI=1S/C15H9BrN2OS/c16-12-7-10(8-19)5-6-14(12)20-15-11-3-1-2-4-13(11)17-9-18-15/h1-9H. The zero-order valence-corrected chi connectivity index (χ0v) is 12.7. The topological polar surface area (TPSA) is 42.9 Å². The van der Waals surface area contributed by atoms with Crippen molar-refractivity contribution < 1.29 is 4.79 Å². The molecule has 0 radical (unpaired) electrons. The Morgan fingerprint density at radius 2 is 1.95 bits per heavy atom. The highest BCUT2D eigenvalue weighted by Crippen LogP contribution is 2.35. The van der Waals surface area contributed by atoms with E-state index in [2.05, 4.69) is 25.9 Å². The second-order valence-electron chi connectivity index (χ2n) is 4.11. The maximum Gasteiger partial charge on any atom is 0.150 e. The normalized spacial score (nSPS) is 10.7. The van der Waals surface area contributed by atoms with Gasteiger partial charge in [0.25, 0.3) is 0 Å². The van der Waals surface area contributed by atoms with Gasteiger partial charge in [-0.25, -0.2) is 9.97 Å². The van der Waals surface area contributed by atoms with E-state index in [0.29, 0.717) is 5.56 Å². The van der Waals surface area contributed by atoms with Crippen molar-refractivity contribution in [1.82, 2.24) is 9.97 Å². The predicted octanol–water partition coefficient (Wildman–Crippen LogP) is 4.36. The minimum Gasteiger partial charge on any atom is -0.298 e. The van der Waals surface area contributed by atoms with E-state index < -0.39 is 0 Å². The zero-order valence-electron chi connectivity index (χ0n) is 10.3. The van der Waals surface area contributed by atoms with E-state index in [1.165, 1.54) is 0 Å². The highest BCUT2D eigenvalue weighted by atomic mass is 79.9. The second kappa shape index (κ2) is 5.73. The van der Waals surface area contributed by atoms with Crippen molar-refractivity contribution in [2.24, 2.45) is 0 Å². The van der Waals surface area contributed by atoms with Gasteiger partial charge in [0, 0.05) is 20.3 Å². The van der Waals surface area contributed by atoms with Crippen LogP contribution in [-0.4, -0.2) is 16.3 Å². The number of halogens is 1. The molecule has 0 spiro atoms. The third-order valence-electron chi connectivity index (χ3n) is 2.80. The summed E-state index contributed by atoms with van der Waals surface area (Å²) >= 11 is 5.04. The smallest absolute Gasteiger partial charge is 0.150 e. The molecule has 98 valence electrons. The van der Waals surface area contributed by atoms with E-state index in [1.54, 1.807) is 30.2 Å². The van der Waals surface area contributed by atoms with Gasteiger partial charge in [-0.15, -0.1) is 0 Å². The van der Waals surface area contributed by atoms with Gasteiger partial charge in [-0.2, -0.15) is 0 Å². The van der Waals surface area contributed by atoms with Gasteiger partial charge < -0.3 is 0 Å². The lowest BCUT2D eigenvalue weighted by Crippen LogP contribution is -1.87. The van der Waals surface area contributed by atoms with Crippen molar-refractivity contribution in [2.75, 3.05) is 0 Å². The number of aldehydes is 1. The summed E-state index contributed by atoms with van der Waals surface area (Å²) in [6.45, 7) is 0. The Balaban J connectivity index is 2.03. The lowest BCUT2D eigenvalue weighted by atomic mass is 10.2. The number of para-hydroxylation sites is 1. The Kier molecular flexibility index (Phi) is 3.80. The summed E-state index contributed by atoms with van der Waals surface area (Å²) < 4.78 is 0.884. The number of hydrogen-bond acceptors (Lipinski definition) is 4. The molecule has 0 saturated heterocycles. The highest BCUT2D eigenvalue weighted by molar-refractivity contribution is 9.10. The van der Waals surface area contributed by atoms with E-state index >= 15 is 0 Å². The van der Waals surface area contributed by atoms with Crippen molar-refractivity contribution in [2.45, 2.75) is 9.92 Å². The van der Waals surface area contributed by atoms with Crippen molar-refractivity contribution in [3.63, 3.8) is 0 Å². The monoisotopic (exact) mass is 344 g/mol. The first kappa shape index (κ1) is 13.3. The molecule has 1 heterocycles. The Morgan fingerprint density at radius 3 is 2.75 bits per heavy atom. The molecule has 0 bridgehead atoms. The van der Waals surface area contributed by atoms with Gasteiger partial charge in [0.1, 0.15) is 17.6 Å². The van der Waals surface area contributed by atoms with E-state index in [1.807, 2.05) is 30.3 Å². The zero-order chi connectivity index (χ0) is 13.9. The maximum atomic E-state index is 10.8. The number of nitrogens with zero attached hydrogens (tertiary/aromatic N) is 2. The van der Waals surface area contributed by atoms with Crippen molar-refractivity contribution in [1.29, 1.82) is 0 Å². The highest BCUT2D eigenvalue weighted by Gasteiger charge is 2.08. The van der Waals surface area contributed by atoms with Gasteiger partial charge in [0.15, 0.2) is 0 Å². The fourth-order valence-electron chi connectivity index (χ4n) is 1.84. The maximum absolute atomic E-state index is 10.8. The first-order chi connectivity index (χ1) is 9.78. The largest absolute Gasteiger partial charge is 0.298 e. The Morgan fingerprint density at radius 1 is 1.10 bits per heavy atom. The third kappa shape index (κ3) is 2.59. The molecular weight excluding hydrogens is 336 g/mol. The number of benzene rings is 2. The fourth-order valence-corrected chi connectivity index (χ4v) is 3.36. The molecule has 0 amide bonds. The number of carbonyl (C=O) groups excluding carboxylic acids is 1. The van der Waals surface area contributed by atoms with Gasteiger partial charge in [0.05, 0.1) is 5.52 Å². The summed E-state index contributed by atoms with van der Waals surface area (Å²) in [5.41, 5.74) is 1.57. The number of carbonyl (C=O) groups is 1. The lowest BCUT2D eigenvalue weighted by Gasteiger charge is -2.06. The molecule has 3 rings (SSSR count). The Bertz CT molecular complexity index is 786. The first-order valence-corrected chi connectivity index (χ1v) is 7.51. The van der Waals surface area contributed by atoms with Gasteiger partial charge in [-0.1, -0.05) is 36.0 Å². The summed E-state index contributed by atoms with van der Waals surface area (Å²) in [6, 6.07) is 13.4. The summed E-state index contributed by atoms with van der Waals surface area (Å²) in [4.78, 5) is 20.4. The van der Waals surface area contributed by atoms with Gasteiger partial charge in [-0.3, -0.25) is 4.79 Å². The molecule has 0 unspecified atom stereocenters. The summed E-state index contributed by atoms with van der Waals surface area (Å²) in [6.07, 6.45) is 2.40. The quantitative estimate of drug-likeness (QED) is 0.523. The van der Waals surface area contributed by atoms with E-state index in [-0.39, 0.29) is 0 Å². The number of fused-ring (bicyclic) bond motifs is 1. The minimum absolute atomic E-state index is 0.647. The molecule has 0 saturated carbocycles. The second-order valence-corrected chi connectivity index (χ2v) is 5.99. The van der Waals surface area contributed by atoms with Crippen LogP contribution in [0.2, 0.25) is 0 Å². The van der Waals surface area contributed by atoms with Gasteiger partial charge in [0.2, 0.25) is 0 Å². The van der Waals surface area contributed by atoms with Crippen molar-refractivity contribution in [3.8, 4) is 0 Å².